The Morgan fingerprint density at radius 2 is 1.76 bits per heavy atom. The zero-order valence-corrected chi connectivity index (χ0v) is 9.74. The van der Waals surface area contributed by atoms with Gasteiger partial charge in [-0.25, -0.2) is 8.78 Å². The van der Waals surface area contributed by atoms with Crippen LogP contribution in [0.3, 0.4) is 0 Å². The molecule has 0 saturated heterocycles. The van der Waals surface area contributed by atoms with E-state index in [-0.39, 0.29) is 10.7 Å². The van der Waals surface area contributed by atoms with Crippen molar-refractivity contribution in [1.82, 2.24) is 0 Å². The molecule has 0 bridgehead atoms. The number of anilines is 1. The molecule has 0 aromatic heterocycles. The van der Waals surface area contributed by atoms with Gasteiger partial charge in [-0.15, -0.1) is 0 Å². The fourth-order valence-electron chi connectivity index (χ4n) is 0.984. The molecule has 0 atom stereocenters. The van der Waals surface area contributed by atoms with Crippen LogP contribution < -0.4 is 5.32 Å². The molecule has 0 radical (unpaired) electrons. The van der Waals surface area contributed by atoms with Crippen LogP contribution in [0, 0.1) is 17.0 Å². The van der Waals surface area contributed by atoms with Crippen LogP contribution in [0.4, 0.5) is 14.5 Å². The molecule has 0 saturated carbocycles. The largest absolute Gasteiger partial charge is 0.321 e. The molecule has 0 unspecified atom stereocenters. The lowest BCUT2D eigenvalue weighted by atomic mass is 10.3. The van der Waals surface area contributed by atoms with E-state index < -0.39 is 22.6 Å². The Hall–Kier alpha value is -1.46. The fourth-order valence-corrected chi connectivity index (χ4v) is 1.17. The third kappa shape index (κ3) is 3.80. The highest BCUT2D eigenvalue weighted by molar-refractivity contribution is 6.53. The summed E-state index contributed by atoms with van der Waals surface area (Å²) in [6, 6.07) is 2.50. The van der Waals surface area contributed by atoms with Crippen LogP contribution in [0.15, 0.2) is 28.3 Å². The van der Waals surface area contributed by atoms with Crippen LogP contribution in [0.2, 0.25) is 0 Å². The van der Waals surface area contributed by atoms with Crippen molar-refractivity contribution in [3.63, 3.8) is 0 Å². The van der Waals surface area contributed by atoms with Gasteiger partial charge >= 0.3 is 0 Å². The maximum atomic E-state index is 12.8. The lowest BCUT2D eigenvalue weighted by Crippen LogP contribution is -2.13. The molecular formula is C10H6Cl2F2N2O. The van der Waals surface area contributed by atoms with Crippen LogP contribution in [-0.4, -0.2) is 12.1 Å². The van der Waals surface area contributed by atoms with Gasteiger partial charge in [0.25, 0.3) is 5.91 Å². The van der Waals surface area contributed by atoms with Gasteiger partial charge in [0, 0.05) is 18.0 Å². The van der Waals surface area contributed by atoms with Gasteiger partial charge in [-0.1, -0.05) is 23.2 Å². The quantitative estimate of drug-likeness (QED) is 0.647. The van der Waals surface area contributed by atoms with Gasteiger partial charge in [0.15, 0.2) is 0 Å². The molecule has 0 spiro atoms. The first-order valence-corrected chi connectivity index (χ1v) is 5.03. The summed E-state index contributed by atoms with van der Waals surface area (Å²) in [5, 5.41) is 8.21. The first kappa shape index (κ1) is 13.6. The normalized spacial score (nSPS) is 11.8. The third-order valence-corrected chi connectivity index (χ3v) is 2.43. The van der Waals surface area contributed by atoms with E-state index in [0.717, 1.165) is 12.1 Å². The second-order valence-corrected chi connectivity index (χ2v) is 3.70. The molecule has 1 aromatic carbocycles. The summed E-state index contributed by atoms with van der Waals surface area (Å²) in [5.74, 6) is -2.53. The van der Waals surface area contributed by atoms with E-state index in [1.165, 1.54) is 0 Å². The Bertz CT molecular complexity index is 483. The molecule has 3 nitrogen and oxygen atoms in total. The van der Waals surface area contributed by atoms with E-state index in [9.17, 15) is 13.6 Å². The number of carbonyl (C=O) groups is 1. The number of rotatable bonds is 3. The summed E-state index contributed by atoms with van der Waals surface area (Å²) in [5.41, 5.74) is -0.0971. The van der Waals surface area contributed by atoms with Crippen molar-refractivity contribution in [3.05, 3.63) is 39.9 Å². The molecule has 1 amide bonds. The van der Waals surface area contributed by atoms with E-state index in [1.807, 2.05) is 0 Å². The monoisotopic (exact) mass is 278 g/mol. The maximum absolute atomic E-state index is 12.8. The summed E-state index contributed by atoms with van der Waals surface area (Å²) in [6.45, 7) is 0. The molecule has 0 fully saturated rings. The Kier molecular flexibility index (Phi) is 4.60. The van der Waals surface area contributed by atoms with Crippen molar-refractivity contribution >= 4 is 41.0 Å². The number of amides is 1. The van der Waals surface area contributed by atoms with E-state index in [0.29, 0.717) is 12.3 Å². The standard InChI is InChI=1S/C10H6Cl2F2N2O/c11-8(4-15)9(12)10(17)16-7-2-5(13)1-6(14)3-7/h1-4,15H,(H,16,17). The van der Waals surface area contributed by atoms with Crippen molar-refractivity contribution in [2.24, 2.45) is 0 Å². The van der Waals surface area contributed by atoms with Gasteiger partial charge < -0.3 is 10.7 Å². The molecule has 7 heteroatoms. The smallest absolute Gasteiger partial charge is 0.268 e. The number of allylic oxidation sites excluding steroid dienone is 1. The van der Waals surface area contributed by atoms with Gasteiger partial charge in [0.05, 0.1) is 5.03 Å². The van der Waals surface area contributed by atoms with Crippen LogP contribution in [0.5, 0.6) is 0 Å². The third-order valence-electron chi connectivity index (χ3n) is 1.66. The average molecular weight is 279 g/mol. The lowest BCUT2D eigenvalue weighted by molar-refractivity contribution is -0.112. The number of nitrogens with one attached hydrogen (secondary N) is 2. The second-order valence-electron chi connectivity index (χ2n) is 2.92. The molecule has 17 heavy (non-hydrogen) atoms. The Balaban J connectivity index is 2.92. The summed E-state index contributed by atoms with van der Waals surface area (Å²) >= 11 is 10.9. The zero-order valence-electron chi connectivity index (χ0n) is 8.23. The number of hydrogen-bond acceptors (Lipinski definition) is 2. The second kappa shape index (κ2) is 5.75. The van der Waals surface area contributed by atoms with Gasteiger partial charge in [0.2, 0.25) is 0 Å². The molecule has 1 rings (SSSR count). The lowest BCUT2D eigenvalue weighted by Gasteiger charge is -2.05. The SMILES string of the molecule is N=CC(Cl)=C(Cl)C(=O)Nc1cc(F)cc(F)c1. The minimum atomic E-state index is -0.856. The van der Waals surface area contributed by atoms with E-state index in [1.54, 1.807) is 0 Å². The van der Waals surface area contributed by atoms with Crippen molar-refractivity contribution < 1.29 is 13.6 Å². The van der Waals surface area contributed by atoms with E-state index in [4.69, 9.17) is 28.6 Å². The van der Waals surface area contributed by atoms with Gasteiger partial charge in [-0.2, -0.15) is 0 Å². The highest BCUT2D eigenvalue weighted by atomic mass is 35.5. The summed E-state index contributed by atoms with van der Waals surface area (Å²) in [7, 11) is 0. The molecule has 1 aromatic rings. The van der Waals surface area contributed by atoms with Crippen LogP contribution in [0.25, 0.3) is 0 Å². The molecule has 0 heterocycles. The highest BCUT2D eigenvalue weighted by Crippen LogP contribution is 2.17. The molecular weight excluding hydrogens is 273 g/mol. The highest BCUT2D eigenvalue weighted by Gasteiger charge is 2.12. The van der Waals surface area contributed by atoms with Crippen molar-refractivity contribution in [1.29, 1.82) is 5.41 Å². The van der Waals surface area contributed by atoms with E-state index >= 15 is 0 Å². The zero-order chi connectivity index (χ0) is 13.0. The van der Waals surface area contributed by atoms with Gasteiger partial charge in [-0.05, 0) is 12.1 Å². The molecule has 2 N–H and O–H groups in total. The van der Waals surface area contributed by atoms with Crippen LogP contribution in [-0.2, 0) is 4.79 Å². The summed E-state index contributed by atoms with van der Waals surface area (Å²) < 4.78 is 25.6. The molecule has 0 aliphatic rings. The predicted molar refractivity (Wildman–Crippen MR) is 62.5 cm³/mol. The topological polar surface area (TPSA) is 53.0 Å². The fraction of sp³-hybridized carbons (Fsp3) is 0. The van der Waals surface area contributed by atoms with Crippen LogP contribution in [0.1, 0.15) is 0 Å². The van der Waals surface area contributed by atoms with Crippen LogP contribution >= 0.6 is 23.2 Å². The van der Waals surface area contributed by atoms with E-state index in [2.05, 4.69) is 5.32 Å². The molecule has 0 aliphatic carbocycles. The van der Waals surface area contributed by atoms with Gasteiger partial charge in [0.1, 0.15) is 16.7 Å². The Morgan fingerprint density at radius 1 is 1.24 bits per heavy atom. The summed E-state index contributed by atoms with van der Waals surface area (Å²) in [6.07, 6.45) is 0.676. The number of hydrogen-bond donors (Lipinski definition) is 2. The number of benzene rings is 1. The molecule has 90 valence electrons. The van der Waals surface area contributed by atoms with Crippen molar-refractivity contribution in [2.75, 3.05) is 5.32 Å². The Morgan fingerprint density at radius 3 is 2.24 bits per heavy atom. The first-order chi connectivity index (χ1) is 7.93. The Labute approximate surface area is 106 Å². The number of carbonyl (C=O) groups excluding carboxylic acids is 1. The predicted octanol–water partition coefficient (Wildman–Crippen LogP) is 3.24. The first-order valence-electron chi connectivity index (χ1n) is 4.27. The summed E-state index contributed by atoms with van der Waals surface area (Å²) in [4.78, 5) is 11.4. The maximum Gasteiger partial charge on any atom is 0.268 e. The van der Waals surface area contributed by atoms with Crippen molar-refractivity contribution in [2.45, 2.75) is 0 Å². The molecule has 0 aliphatic heterocycles. The van der Waals surface area contributed by atoms with Crippen molar-refractivity contribution in [3.8, 4) is 0 Å². The van der Waals surface area contributed by atoms with Gasteiger partial charge in [-0.3, -0.25) is 4.79 Å². The minimum absolute atomic E-state index is 0.0971. The number of halogens is 4. The average Bonchev–Trinajstić information content (AvgIpc) is 2.25. The minimum Gasteiger partial charge on any atom is -0.321 e.